The van der Waals surface area contributed by atoms with Gasteiger partial charge in [0.2, 0.25) is 0 Å². The smallest absolute Gasteiger partial charge is 0.327 e. The topological polar surface area (TPSA) is 52.3 Å². The van der Waals surface area contributed by atoms with E-state index in [1.165, 1.54) is 0 Å². The molecule has 0 saturated carbocycles. The van der Waals surface area contributed by atoms with Crippen LogP contribution < -0.4 is 5.73 Å². The molecule has 0 heterocycles. The Labute approximate surface area is 89.8 Å². The Kier molecular flexibility index (Phi) is 3.60. The van der Waals surface area contributed by atoms with Gasteiger partial charge in [0, 0.05) is 5.02 Å². The number of hydrogen-bond acceptors (Lipinski definition) is 3. The van der Waals surface area contributed by atoms with E-state index in [0.717, 1.165) is 19.2 Å². The maximum Gasteiger partial charge on any atom is 0.327 e. The highest BCUT2D eigenvalue weighted by atomic mass is 35.5. The molecule has 0 aromatic heterocycles. The summed E-state index contributed by atoms with van der Waals surface area (Å²) in [5.41, 5.74) is 4.75. The number of rotatable bonds is 2. The lowest BCUT2D eigenvalue weighted by atomic mass is 10.1. The molecular formula is C9H8ClF2NO2. The van der Waals surface area contributed by atoms with Crippen molar-refractivity contribution < 1.29 is 18.3 Å². The Morgan fingerprint density at radius 1 is 1.47 bits per heavy atom. The van der Waals surface area contributed by atoms with E-state index < -0.39 is 29.2 Å². The van der Waals surface area contributed by atoms with Crippen LogP contribution in [-0.2, 0) is 9.53 Å². The van der Waals surface area contributed by atoms with Gasteiger partial charge in [-0.25, -0.2) is 8.78 Å². The zero-order chi connectivity index (χ0) is 11.6. The van der Waals surface area contributed by atoms with Gasteiger partial charge < -0.3 is 10.5 Å². The van der Waals surface area contributed by atoms with Crippen LogP contribution in [0.3, 0.4) is 0 Å². The van der Waals surface area contributed by atoms with Gasteiger partial charge in [0.25, 0.3) is 0 Å². The van der Waals surface area contributed by atoms with Gasteiger partial charge in [-0.1, -0.05) is 11.6 Å². The van der Waals surface area contributed by atoms with E-state index in [4.69, 9.17) is 17.3 Å². The van der Waals surface area contributed by atoms with Gasteiger partial charge in [-0.05, 0) is 12.1 Å². The van der Waals surface area contributed by atoms with E-state index in [1.807, 2.05) is 0 Å². The Balaban J connectivity index is 3.19. The maximum absolute atomic E-state index is 13.2. The van der Waals surface area contributed by atoms with E-state index in [-0.39, 0.29) is 5.02 Å². The van der Waals surface area contributed by atoms with E-state index in [1.54, 1.807) is 0 Å². The lowest BCUT2D eigenvalue weighted by Crippen LogP contribution is -2.24. The molecule has 0 aliphatic carbocycles. The molecule has 0 fully saturated rings. The number of hydrogen-bond donors (Lipinski definition) is 1. The van der Waals surface area contributed by atoms with Crippen molar-refractivity contribution >= 4 is 17.6 Å². The van der Waals surface area contributed by atoms with Crippen molar-refractivity contribution in [1.82, 2.24) is 0 Å². The van der Waals surface area contributed by atoms with Crippen LogP contribution in [0.5, 0.6) is 0 Å². The second-order valence-electron chi connectivity index (χ2n) is 2.78. The first-order valence-electron chi connectivity index (χ1n) is 3.95. The Bertz CT molecular complexity index is 375. The largest absolute Gasteiger partial charge is 0.468 e. The summed E-state index contributed by atoms with van der Waals surface area (Å²) in [6.45, 7) is 0. The van der Waals surface area contributed by atoms with Crippen LogP contribution >= 0.6 is 11.6 Å². The first-order chi connectivity index (χ1) is 6.97. The predicted molar refractivity (Wildman–Crippen MR) is 50.3 cm³/mol. The lowest BCUT2D eigenvalue weighted by Gasteiger charge is -2.11. The van der Waals surface area contributed by atoms with Crippen LogP contribution in [0.2, 0.25) is 5.02 Å². The summed E-state index contributed by atoms with van der Waals surface area (Å²) < 4.78 is 30.8. The first kappa shape index (κ1) is 11.9. The van der Waals surface area contributed by atoms with Crippen LogP contribution in [0.15, 0.2) is 12.1 Å². The van der Waals surface area contributed by atoms with Crippen molar-refractivity contribution in [2.45, 2.75) is 6.04 Å². The van der Waals surface area contributed by atoms with Gasteiger partial charge in [-0.3, -0.25) is 4.79 Å². The molecule has 1 aromatic carbocycles. The predicted octanol–water partition coefficient (Wildman–Crippen LogP) is 1.79. The van der Waals surface area contributed by atoms with Crippen molar-refractivity contribution in [3.63, 3.8) is 0 Å². The minimum Gasteiger partial charge on any atom is -0.468 e. The summed E-state index contributed by atoms with van der Waals surface area (Å²) in [5.74, 6) is -2.87. The van der Waals surface area contributed by atoms with Crippen LogP contribution in [-0.4, -0.2) is 13.1 Å². The Morgan fingerprint density at radius 2 is 1.93 bits per heavy atom. The zero-order valence-electron chi connectivity index (χ0n) is 7.76. The van der Waals surface area contributed by atoms with E-state index in [2.05, 4.69) is 4.74 Å². The molecule has 2 N–H and O–H groups in total. The van der Waals surface area contributed by atoms with Crippen LogP contribution in [0, 0.1) is 11.6 Å². The number of esters is 1. The average Bonchev–Trinajstić information content (AvgIpc) is 2.14. The van der Waals surface area contributed by atoms with Crippen molar-refractivity contribution in [2.75, 3.05) is 7.11 Å². The molecule has 0 aliphatic heterocycles. The molecule has 0 aliphatic rings. The SMILES string of the molecule is COC(=O)[C@H](N)c1c(F)cc(Cl)cc1F. The summed E-state index contributed by atoms with van der Waals surface area (Å²) in [4.78, 5) is 11.0. The minimum absolute atomic E-state index is 0.106. The summed E-state index contributed by atoms with van der Waals surface area (Å²) in [6, 6.07) is 0.262. The molecule has 0 radical (unpaired) electrons. The number of ether oxygens (including phenoxy) is 1. The van der Waals surface area contributed by atoms with Gasteiger partial charge in [-0.15, -0.1) is 0 Å². The molecule has 1 aromatic rings. The summed E-state index contributed by atoms with van der Waals surface area (Å²) in [7, 11) is 1.08. The molecule has 0 bridgehead atoms. The molecule has 0 saturated heterocycles. The third-order valence-corrected chi connectivity index (χ3v) is 2.03. The monoisotopic (exact) mass is 235 g/mol. The van der Waals surface area contributed by atoms with Crippen molar-refractivity contribution in [2.24, 2.45) is 5.73 Å². The average molecular weight is 236 g/mol. The number of carbonyl (C=O) groups excluding carboxylic acids is 1. The summed E-state index contributed by atoms with van der Waals surface area (Å²) in [5, 5.41) is -0.106. The molecule has 0 spiro atoms. The van der Waals surface area contributed by atoms with Crippen molar-refractivity contribution in [1.29, 1.82) is 0 Å². The lowest BCUT2D eigenvalue weighted by molar-refractivity contribution is -0.142. The van der Waals surface area contributed by atoms with Crippen LogP contribution in [0.4, 0.5) is 8.78 Å². The second-order valence-corrected chi connectivity index (χ2v) is 3.22. The fourth-order valence-electron chi connectivity index (χ4n) is 1.10. The normalized spacial score (nSPS) is 12.3. The zero-order valence-corrected chi connectivity index (χ0v) is 8.52. The first-order valence-corrected chi connectivity index (χ1v) is 4.33. The standard InChI is InChI=1S/C9H8ClF2NO2/c1-15-9(14)8(13)7-5(11)2-4(10)3-6(7)12/h2-3,8H,13H2,1H3/t8-/m1/s1. The van der Waals surface area contributed by atoms with Gasteiger partial charge in [0.05, 0.1) is 12.7 Å². The Hall–Kier alpha value is -1.20. The van der Waals surface area contributed by atoms with Gasteiger partial charge in [0.15, 0.2) is 0 Å². The number of benzene rings is 1. The second kappa shape index (κ2) is 4.55. The third kappa shape index (κ3) is 2.43. The van der Waals surface area contributed by atoms with E-state index >= 15 is 0 Å². The Morgan fingerprint density at radius 3 is 2.33 bits per heavy atom. The van der Waals surface area contributed by atoms with E-state index in [9.17, 15) is 13.6 Å². The fourth-order valence-corrected chi connectivity index (χ4v) is 1.29. The number of methoxy groups -OCH3 is 1. The van der Waals surface area contributed by atoms with Crippen molar-refractivity contribution in [3.8, 4) is 0 Å². The molecule has 15 heavy (non-hydrogen) atoms. The van der Waals surface area contributed by atoms with Crippen molar-refractivity contribution in [3.05, 3.63) is 34.4 Å². The molecule has 1 atom stereocenters. The molecule has 6 heteroatoms. The molecular weight excluding hydrogens is 228 g/mol. The van der Waals surface area contributed by atoms with Crippen LogP contribution in [0.1, 0.15) is 11.6 Å². The third-order valence-electron chi connectivity index (χ3n) is 1.81. The minimum atomic E-state index is -1.49. The number of nitrogens with two attached hydrogens (primary N) is 1. The highest BCUT2D eigenvalue weighted by molar-refractivity contribution is 6.30. The quantitative estimate of drug-likeness (QED) is 0.795. The highest BCUT2D eigenvalue weighted by Gasteiger charge is 2.24. The molecule has 1 rings (SSSR count). The maximum atomic E-state index is 13.2. The molecule has 82 valence electrons. The fraction of sp³-hybridized carbons (Fsp3) is 0.222. The van der Waals surface area contributed by atoms with Gasteiger partial charge in [-0.2, -0.15) is 0 Å². The number of halogens is 3. The summed E-state index contributed by atoms with van der Waals surface area (Å²) in [6.07, 6.45) is 0. The molecule has 3 nitrogen and oxygen atoms in total. The highest BCUT2D eigenvalue weighted by Crippen LogP contribution is 2.23. The van der Waals surface area contributed by atoms with Crippen LogP contribution in [0.25, 0.3) is 0 Å². The molecule has 0 amide bonds. The van der Waals surface area contributed by atoms with Gasteiger partial charge in [0.1, 0.15) is 17.7 Å². The van der Waals surface area contributed by atoms with E-state index in [0.29, 0.717) is 0 Å². The number of carbonyl (C=O) groups is 1. The van der Waals surface area contributed by atoms with Gasteiger partial charge >= 0.3 is 5.97 Å². The molecule has 0 unspecified atom stereocenters. The summed E-state index contributed by atoms with van der Waals surface area (Å²) >= 11 is 5.40.